The summed E-state index contributed by atoms with van der Waals surface area (Å²) in [6, 6.07) is 8.82. The maximum atomic E-state index is 4.23. The van der Waals surface area contributed by atoms with E-state index in [0.717, 1.165) is 19.6 Å². The van der Waals surface area contributed by atoms with Gasteiger partial charge in [-0.25, -0.2) is 4.98 Å². The molecular formula is C16H20N4. The lowest BCUT2D eigenvalue weighted by molar-refractivity contribution is 0.679. The number of hydrogen-bond donors (Lipinski definition) is 1. The molecule has 3 aromatic rings. The van der Waals surface area contributed by atoms with Crippen molar-refractivity contribution in [3.8, 4) is 0 Å². The molecule has 0 spiro atoms. The average molecular weight is 268 g/mol. The van der Waals surface area contributed by atoms with Crippen molar-refractivity contribution in [1.29, 1.82) is 0 Å². The molecule has 20 heavy (non-hydrogen) atoms. The zero-order valence-electron chi connectivity index (χ0n) is 12.0. The minimum absolute atomic E-state index is 0.864. The lowest BCUT2D eigenvalue weighted by atomic mass is 10.1. The van der Waals surface area contributed by atoms with Crippen LogP contribution in [0.4, 0.5) is 0 Å². The van der Waals surface area contributed by atoms with E-state index in [1.807, 2.05) is 19.6 Å². The van der Waals surface area contributed by atoms with Crippen molar-refractivity contribution < 1.29 is 0 Å². The molecular weight excluding hydrogens is 248 g/mol. The Morgan fingerprint density at radius 3 is 2.90 bits per heavy atom. The van der Waals surface area contributed by atoms with Crippen LogP contribution in [-0.4, -0.2) is 21.2 Å². The fourth-order valence-corrected chi connectivity index (χ4v) is 2.64. The van der Waals surface area contributed by atoms with Crippen LogP contribution in [-0.2, 0) is 19.6 Å². The molecule has 0 aliphatic carbocycles. The number of benzene rings is 1. The minimum atomic E-state index is 0.864. The highest BCUT2D eigenvalue weighted by molar-refractivity contribution is 5.81. The van der Waals surface area contributed by atoms with Crippen LogP contribution < -0.4 is 5.32 Å². The van der Waals surface area contributed by atoms with Gasteiger partial charge in [0.25, 0.3) is 0 Å². The topological polar surface area (TPSA) is 34.8 Å². The summed E-state index contributed by atoms with van der Waals surface area (Å²) in [7, 11) is 1.97. The maximum absolute atomic E-state index is 4.23. The fraction of sp³-hybridized carbons (Fsp3) is 0.312. The molecule has 2 heterocycles. The summed E-state index contributed by atoms with van der Waals surface area (Å²) in [5.41, 5.74) is 3.83. The summed E-state index contributed by atoms with van der Waals surface area (Å²) in [4.78, 5) is 4.23. The Morgan fingerprint density at radius 1 is 1.20 bits per heavy atom. The van der Waals surface area contributed by atoms with Gasteiger partial charge in [-0.2, -0.15) is 0 Å². The normalized spacial score (nSPS) is 11.3. The molecule has 1 N–H and O–H groups in total. The number of fused-ring (bicyclic) bond motifs is 1. The molecule has 0 saturated carbocycles. The lowest BCUT2D eigenvalue weighted by Crippen LogP contribution is -2.06. The summed E-state index contributed by atoms with van der Waals surface area (Å²) in [6.07, 6.45) is 6.00. The van der Waals surface area contributed by atoms with Crippen LogP contribution in [0.25, 0.3) is 10.9 Å². The van der Waals surface area contributed by atoms with Crippen molar-refractivity contribution in [2.24, 2.45) is 0 Å². The Morgan fingerprint density at radius 2 is 2.10 bits per heavy atom. The first-order valence-electron chi connectivity index (χ1n) is 7.03. The van der Waals surface area contributed by atoms with Crippen LogP contribution in [0.5, 0.6) is 0 Å². The van der Waals surface area contributed by atoms with Gasteiger partial charge in [0.05, 0.1) is 18.6 Å². The third-order valence-corrected chi connectivity index (χ3v) is 3.69. The molecule has 0 amide bonds. The number of nitrogens with zero attached hydrogens (tertiary/aromatic N) is 3. The SMILES string of the molecule is CCn1cncc1Cn1ccc2cc(CNC)ccc21. The molecule has 3 rings (SSSR count). The van der Waals surface area contributed by atoms with Gasteiger partial charge in [0.2, 0.25) is 0 Å². The standard InChI is InChI=1S/C16H20N4/c1-3-19-12-18-10-15(19)11-20-7-6-14-8-13(9-17-2)4-5-16(14)20/h4-8,10,12,17H,3,9,11H2,1-2H3. The number of imidazole rings is 1. The second-order valence-electron chi connectivity index (χ2n) is 5.04. The van der Waals surface area contributed by atoms with E-state index in [1.54, 1.807) is 0 Å². The van der Waals surface area contributed by atoms with Crippen molar-refractivity contribution in [3.63, 3.8) is 0 Å². The molecule has 0 radical (unpaired) electrons. The Balaban J connectivity index is 1.92. The smallest absolute Gasteiger partial charge is 0.0948 e. The first kappa shape index (κ1) is 12.9. The van der Waals surface area contributed by atoms with E-state index in [4.69, 9.17) is 0 Å². The monoisotopic (exact) mass is 268 g/mol. The van der Waals surface area contributed by atoms with E-state index in [0.29, 0.717) is 0 Å². The molecule has 0 unspecified atom stereocenters. The number of nitrogens with one attached hydrogen (secondary N) is 1. The molecule has 4 nitrogen and oxygen atoms in total. The number of rotatable bonds is 5. The Bertz CT molecular complexity index is 708. The van der Waals surface area contributed by atoms with E-state index in [2.05, 4.69) is 56.8 Å². The van der Waals surface area contributed by atoms with Crippen molar-refractivity contribution in [1.82, 2.24) is 19.4 Å². The van der Waals surface area contributed by atoms with Crippen LogP contribution in [0.15, 0.2) is 43.0 Å². The molecule has 0 atom stereocenters. The Labute approximate surface area is 119 Å². The number of aryl methyl sites for hydroxylation is 1. The second kappa shape index (κ2) is 5.51. The zero-order chi connectivity index (χ0) is 13.9. The Kier molecular flexibility index (Phi) is 3.56. The largest absolute Gasteiger partial charge is 0.341 e. The molecule has 0 fully saturated rings. The van der Waals surface area contributed by atoms with Gasteiger partial charge in [-0.05, 0) is 43.1 Å². The minimum Gasteiger partial charge on any atom is -0.341 e. The first-order valence-corrected chi connectivity index (χ1v) is 7.03. The van der Waals surface area contributed by atoms with Gasteiger partial charge >= 0.3 is 0 Å². The first-order chi connectivity index (χ1) is 9.81. The summed E-state index contributed by atoms with van der Waals surface area (Å²) in [5.74, 6) is 0. The molecule has 2 aromatic heterocycles. The van der Waals surface area contributed by atoms with Crippen molar-refractivity contribution in [2.45, 2.75) is 26.6 Å². The van der Waals surface area contributed by atoms with Crippen molar-refractivity contribution >= 4 is 10.9 Å². The second-order valence-corrected chi connectivity index (χ2v) is 5.04. The van der Waals surface area contributed by atoms with E-state index < -0.39 is 0 Å². The highest BCUT2D eigenvalue weighted by Gasteiger charge is 2.05. The van der Waals surface area contributed by atoms with Crippen molar-refractivity contribution in [3.05, 3.63) is 54.2 Å². The van der Waals surface area contributed by atoms with Crippen LogP contribution in [0.2, 0.25) is 0 Å². The molecule has 1 aromatic carbocycles. The van der Waals surface area contributed by atoms with Crippen LogP contribution in [0.1, 0.15) is 18.2 Å². The predicted octanol–water partition coefficient (Wildman–Crippen LogP) is 2.63. The maximum Gasteiger partial charge on any atom is 0.0948 e. The zero-order valence-corrected chi connectivity index (χ0v) is 12.0. The van der Waals surface area contributed by atoms with Crippen molar-refractivity contribution in [2.75, 3.05) is 7.05 Å². The van der Waals surface area contributed by atoms with Gasteiger partial charge in [0.15, 0.2) is 0 Å². The fourth-order valence-electron chi connectivity index (χ4n) is 2.64. The van der Waals surface area contributed by atoms with Crippen LogP contribution in [0, 0.1) is 0 Å². The number of aromatic nitrogens is 3. The van der Waals surface area contributed by atoms with Gasteiger partial charge in [-0.1, -0.05) is 6.07 Å². The molecule has 0 saturated heterocycles. The summed E-state index contributed by atoms with van der Waals surface area (Å²) < 4.78 is 4.46. The van der Waals surface area contributed by atoms with E-state index in [-0.39, 0.29) is 0 Å². The third kappa shape index (κ3) is 2.34. The Hall–Kier alpha value is -2.07. The summed E-state index contributed by atoms with van der Waals surface area (Å²) >= 11 is 0. The average Bonchev–Trinajstić information content (AvgIpc) is 3.06. The molecule has 104 valence electrons. The molecule has 0 aliphatic heterocycles. The van der Waals surface area contributed by atoms with Gasteiger partial charge in [-0.3, -0.25) is 0 Å². The third-order valence-electron chi connectivity index (χ3n) is 3.69. The van der Waals surface area contributed by atoms with E-state index in [1.165, 1.54) is 22.2 Å². The molecule has 0 bridgehead atoms. The van der Waals surface area contributed by atoms with Gasteiger partial charge in [0.1, 0.15) is 0 Å². The predicted molar refractivity (Wildman–Crippen MR) is 81.7 cm³/mol. The summed E-state index contributed by atoms with van der Waals surface area (Å²) in [5, 5.41) is 4.48. The van der Waals surface area contributed by atoms with E-state index in [9.17, 15) is 0 Å². The van der Waals surface area contributed by atoms with Gasteiger partial charge < -0.3 is 14.5 Å². The molecule has 0 aliphatic rings. The molecule has 4 heteroatoms. The van der Waals surface area contributed by atoms with E-state index >= 15 is 0 Å². The van der Waals surface area contributed by atoms with Gasteiger partial charge in [-0.15, -0.1) is 0 Å². The van der Waals surface area contributed by atoms with Gasteiger partial charge in [0, 0.05) is 31.0 Å². The highest BCUT2D eigenvalue weighted by Crippen LogP contribution is 2.19. The van der Waals surface area contributed by atoms with Crippen LogP contribution in [0.3, 0.4) is 0 Å². The summed E-state index contributed by atoms with van der Waals surface area (Å²) in [6.45, 7) is 4.87. The van der Waals surface area contributed by atoms with Crippen LogP contribution >= 0.6 is 0 Å². The quantitative estimate of drug-likeness (QED) is 0.772. The lowest BCUT2D eigenvalue weighted by Gasteiger charge is -2.08. The highest BCUT2D eigenvalue weighted by atomic mass is 15.1. The number of hydrogen-bond acceptors (Lipinski definition) is 2.